The summed E-state index contributed by atoms with van der Waals surface area (Å²) < 4.78 is 16.9. The Morgan fingerprint density at radius 3 is 0.800 bits per heavy atom. The minimum atomic E-state index is -0.803. The van der Waals surface area contributed by atoms with Crippen LogP contribution >= 0.6 is 0 Å². The van der Waals surface area contributed by atoms with Crippen LogP contribution in [0.4, 0.5) is 0 Å². The first-order valence-corrected chi connectivity index (χ1v) is 33.5. The van der Waals surface area contributed by atoms with Gasteiger partial charge in [-0.3, -0.25) is 14.4 Å². The molecule has 0 spiro atoms. The Bertz CT molecular complexity index is 1650. The predicted molar refractivity (Wildman–Crippen MR) is 348 cm³/mol. The third-order valence-electron chi connectivity index (χ3n) is 14.2. The molecule has 0 N–H and O–H groups in total. The first kappa shape index (κ1) is 75.8. The van der Waals surface area contributed by atoms with Crippen LogP contribution < -0.4 is 0 Å². The molecule has 0 radical (unpaired) electrons. The van der Waals surface area contributed by atoms with Crippen LogP contribution in [0.2, 0.25) is 0 Å². The number of unbranched alkanes of at least 4 members (excludes halogenated alkanes) is 29. The SMILES string of the molecule is CC/C=C\C/C=C\C/C=C\C/C=C\C/C=C\CCCCCCCCCCCCCCCCCCCCCC(=O)OCC(COC(=O)CCCCCCC/C=C\CCCCC)OC(=O)CCCC/C=C\C/C=C\C/C=C\C/C=C\CC. The van der Waals surface area contributed by atoms with Gasteiger partial charge in [0.15, 0.2) is 6.10 Å². The highest BCUT2D eigenvalue weighted by Gasteiger charge is 2.19. The lowest BCUT2D eigenvalue weighted by atomic mass is 10.0. The fraction of sp³-hybridized carbons (Fsp3) is 0.689. The van der Waals surface area contributed by atoms with Crippen molar-refractivity contribution in [3.05, 3.63) is 122 Å². The zero-order valence-electron chi connectivity index (χ0n) is 52.3. The third kappa shape index (κ3) is 64.6. The number of ether oxygens (including phenoxy) is 3. The molecule has 80 heavy (non-hydrogen) atoms. The smallest absolute Gasteiger partial charge is 0.306 e. The molecular weight excluding hydrogens is 985 g/mol. The average molecular weight is 1110 g/mol. The number of hydrogen-bond donors (Lipinski definition) is 0. The van der Waals surface area contributed by atoms with Crippen LogP contribution in [0.5, 0.6) is 0 Å². The molecule has 0 saturated carbocycles. The van der Waals surface area contributed by atoms with Gasteiger partial charge >= 0.3 is 17.9 Å². The maximum atomic E-state index is 12.9. The first-order valence-electron chi connectivity index (χ1n) is 33.5. The van der Waals surface area contributed by atoms with E-state index in [1.165, 1.54) is 141 Å². The maximum Gasteiger partial charge on any atom is 0.306 e. The molecule has 0 aliphatic heterocycles. The van der Waals surface area contributed by atoms with Crippen LogP contribution in [0, 0.1) is 0 Å². The van der Waals surface area contributed by atoms with Crippen LogP contribution in [-0.4, -0.2) is 37.2 Å². The van der Waals surface area contributed by atoms with Gasteiger partial charge in [-0.15, -0.1) is 0 Å². The van der Waals surface area contributed by atoms with Gasteiger partial charge in [0.05, 0.1) is 0 Å². The van der Waals surface area contributed by atoms with Crippen molar-refractivity contribution in [3.8, 4) is 0 Å². The summed E-state index contributed by atoms with van der Waals surface area (Å²) >= 11 is 0. The van der Waals surface area contributed by atoms with Gasteiger partial charge in [-0.1, -0.05) is 284 Å². The first-order chi connectivity index (χ1) is 39.5. The van der Waals surface area contributed by atoms with Gasteiger partial charge in [0.1, 0.15) is 13.2 Å². The molecule has 1 atom stereocenters. The summed E-state index contributed by atoms with van der Waals surface area (Å²) in [7, 11) is 0. The van der Waals surface area contributed by atoms with Crippen molar-refractivity contribution in [2.45, 2.75) is 316 Å². The molecule has 0 fully saturated rings. The maximum absolute atomic E-state index is 12.9. The summed E-state index contributed by atoms with van der Waals surface area (Å²) in [6, 6.07) is 0. The van der Waals surface area contributed by atoms with Gasteiger partial charge in [0.25, 0.3) is 0 Å². The number of carbonyl (C=O) groups is 3. The highest BCUT2D eigenvalue weighted by atomic mass is 16.6. The van der Waals surface area contributed by atoms with Crippen molar-refractivity contribution >= 4 is 17.9 Å². The molecule has 0 aromatic heterocycles. The van der Waals surface area contributed by atoms with Crippen molar-refractivity contribution in [2.24, 2.45) is 0 Å². The molecule has 0 saturated heterocycles. The van der Waals surface area contributed by atoms with E-state index >= 15 is 0 Å². The molecule has 0 rings (SSSR count). The van der Waals surface area contributed by atoms with Crippen molar-refractivity contribution in [1.82, 2.24) is 0 Å². The molecule has 0 amide bonds. The van der Waals surface area contributed by atoms with Crippen molar-refractivity contribution in [3.63, 3.8) is 0 Å². The number of hydrogen-bond acceptors (Lipinski definition) is 6. The summed E-state index contributed by atoms with van der Waals surface area (Å²) in [6.45, 7) is 6.36. The fourth-order valence-electron chi connectivity index (χ4n) is 9.22. The highest BCUT2D eigenvalue weighted by Crippen LogP contribution is 2.17. The molecule has 456 valence electrons. The molecule has 0 aromatic carbocycles. The number of rotatable bonds is 60. The lowest BCUT2D eigenvalue weighted by molar-refractivity contribution is -0.167. The monoisotopic (exact) mass is 1110 g/mol. The molecule has 0 aromatic rings. The summed E-state index contributed by atoms with van der Waals surface area (Å²) in [5.41, 5.74) is 0. The normalized spacial score (nSPS) is 12.9. The van der Waals surface area contributed by atoms with E-state index in [1.807, 2.05) is 0 Å². The summed E-state index contributed by atoms with van der Waals surface area (Å²) in [5.74, 6) is -0.940. The Morgan fingerprint density at radius 2 is 0.487 bits per heavy atom. The Morgan fingerprint density at radius 1 is 0.263 bits per heavy atom. The Labute approximate surface area is 494 Å². The lowest BCUT2D eigenvalue weighted by Crippen LogP contribution is -2.30. The second-order valence-electron chi connectivity index (χ2n) is 22.0. The average Bonchev–Trinajstić information content (AvgIpc) is 3.46. The van der Waals surface area contributed by atoms with Gasteiger partial charge in [0, 0.05) is 19.3 Å². The predicted octanol–water partition coefficient (Wildman–Crippen LogP) is 23.2. The molecular formula is C74H124O6. The molecule has 0 aliphatic rings. The molecule has 0 heterocycles. The van der Waals surface area contributed by atoms with E-state index in [2.05, 4.69) is 142 Å². The number of carbonyl (C=O) groups excluding carboxylic acids is 3. The molecule has 6 heteroatoms. The van der Waals surface area contributed by atoms with Gasteiger partial charge in [-0.05, 0) is 128 Å². The van der Waals surface area contributed by atoms with E-state index in [-0.39, 0.29) is 37.5 Å². The fourth-order valence-corrected chi connectivity index (χ4v) is 9.22. The Balaban J connectivity index is 4.13. The zero-order chi connectivity index (χ0) is 57.8. The van der Waals surface area contributed by atoms with Crippen molar-refractivity contribution < 1.29 is 28.6 Å². The van der Waals surface area contributed by atoms with Crippen LogP contribution in [0.1, 0.15) is 310 Å². The van der Waals surface area contributed by atoms with Crippen molar-refractivity contribution in [1.29, 1.82) is 0 Å². The van der Waals surface area contributed by atoms with Crippen LogP contribution in [0.3, 0.4) is 0 Å². The zero-order valence-corrected chi connectivity index (χ0v) is 52.3. The van der Waals surface area contributed by atoms with Gasteiger partial charge in [0.2, 0.25) is 0 Å². The van der Waals surface area contributed by atoms with Crippen LogP contribution in [0.15, 0.2) is 122 Å². The topological polar surface area (TPSA) is 78.9 Å². The van der Waals surface area contributed by atoms with E-state index in [0.717, 1.165) is 122 Å². The second-order valence-corrected chi connectivity index (χ2v) is 22.0. The Hall–Kier alpha value is -4.19. The van der Waals surface area contributed by atoms with Gasteiger partial charge in [-0.25, -0.2) is 0 Å². The van der Waals surface area contributed by atoms with Crippen LogP contribution in [-0.2, 0) is 28.6 Å². The van der Waals surface area contributed by atoms with E-state index in [4.69, 9.17) is 14.2 Å². The van der Waals surface area contributed by atoms with E-state index in [0.29, 0.717) is 19.3 Å². The molecule has 6 nitrogen and oxygen atoms in total. The lowest BCUT2D eigenvalue weighted by Gasteiger charge is -2.18. The van der Waals surface area contributed by atoms with E-state index in [1.54, 1.807) is 0 Å². The Kier molecular flexibility index (Phi) is 63.8. The van der Waals surface area contributed by atoms with Gasteiger partial charge in [-0.2, -0.15) is 0 Å². The standard InChI is InChI=1S/C74H124O6/c1-4-7-10-13-16-19-22-25-27-28-29-30-31-32-33-34-35-36-37-38-39-40-41-42-43-44-45-46-48-49-52-55-58-61-64-67-73(76)79-70-71(69-78-72(75)66-63-60-57-54-51-24-21-18-15-12-9-6-3)80-74(77)68-65-62-59-56-53-50-47-26-23-20-17-14-11-8-5-2/h7-8,10-11,16-21,25-27,29-30,32-33,47,53,56,71H,4-6,9,12-15,22-24,28,31,34-46,48-52,54-55,57-70H2,1-3H3/b10-7-,11-8-,19-16-,20-17-,21-18-,27-25-,30-29-,33-32-,47-26-,56-53-. The summed E-state index contributed by atoms with van der Waals surface area (Å²) in [4.78, 5) is 38.2. The quantitative estimate of drug-likeness (QED) is 0.0261. The second kappa shape index (κ2) is 67.3. The van der Waals surface area contributed by atoms with Crippen LogP contribution in [0.25, 0.3) is 0 Å². The van der Waals surface area contributed by atoms with E-state index < -0.39 is 6.10 Å². The van der Waals surface area contributed by atoms with Gasteiger partial charge < -0.3 is 14.2 Å². The summed E-state index contributed by atoms with van der Waals surface area (Å²) in [5, 5.41) is 0. The minimum absolute atomic E-state index is 0.0961. The summed E-state index contributed by atoms with van der Waals surface area (Å²) in [6.07, 6.45) is 93.8. The number of esters is 3. The minimum Gasteiger partial charge on any atom is -0.462 e. The van der Waals surface area contributed by atoms with E-state index in [9.17, 15) is 14.4 Å². The molecule has 0 bridgehead atoms. The molecule has 0 aliphatic carbocycles. The largest absolute Gasteiger partial charge is 0.462 e. The molecule has 1 unspecified atom stereocenters. The van der Waals surface area contributed by atoms with Crippen molar-refractivity contribution in [2.75, 3.05) is 13.2 Å². The third-order valence-corrected chi connectivity index (χ3v) is 14.2. The highest BCUT2D eigenvalue weighted by molar-refractivity contribution is 5.71. The number of allylic oxidation sites excluding steroid dienone is 20.